The first-order valence-electron chi connectivity index (χ1n) is 14.4. The molecule has 0 radical (unpaired) electrons. The Hall–Kier alpha value is -5.66. The topological polar surface area (TPSA) is 161 Å². The van der Waals surface area contributed by atoms with Crippen LogP contribution in [-0.4, -0.2) is 68.3 Å². The monoisotopic (exact) mass is 655 g/mol. The number of fused-ring (bicyclic) bond motifs is 1. The molecule has 1 aliphatic heterocycles. The van der Waals surface area contributed by atoms with E-state index in [0.717, 1.165) is 0 Å². The lowest BCUT2D eigenvalue weighted by molar-refractivity contribution is -0.114. The standard InChI is InChI=1S/C33H26ClN5O8/c1-19(40)36-33-37-27(34)24-28(38-33)39(18-35-24)29-26(47-32(43)22-15-9-4-10-16-22)25(46-31(42)21-13-7-3-8-14-21)23(45-29)17-44-30(41)20-11-5-2-6-12-20/h2-16,18,23,25-26,29H,17H2,1H3,(H,36,37,38,40)/t23-,25-,26-,29-/m1/s1. The molecule has 0 saturated carbocycles. The highest BCUT2D eigenvalue weighted by Crippen LogP contribution is 2.37. The lowest BCUT2D eigenvalue weighted by Gasteiger charge is -2.25. The van der Waals surface area contributed by atoms with Gasteiger partial charge in [0.15, 0.2) is 29.2 Å². The molecule has 3 aromatic carbocycles. The van der Waals surface area contributed by atoms with Gasteiger partial charge in [0, 0.05) is 6.92 Å². The summed E-state index contributed by atoms with van der Waals surface area (Å²) in [6, 6.07) is 24.8. The van der Waals surface area contributed by atoms with Gasteiger partial charge < -0.3 is 18.9 Å². The van der Waals surface area contributed by atoms with Crippen molar-refractivity contribution in [2.24, 2.45) is 0 Å². The average Bonchev–Trinajstić information content (AvgIpc) is 3.65. The molecule has 2 aromatic heterocycles. The number of hydrogen-bond acceptors (Lipinski definition) is 11. The largest absolute Gasteiger partial charge is 0.459 e. The molecule has 0 aliphatic carbocycles. The van der Waals surface area contributed by atoms with Gasteiger partial charge in [-0.3, -0.25) is 14.7 Å². The smallest absolute Gasteiger partial charge is 0.338 e. The van der Waals surface area contributed by atoms with E-state index in [9.17, 15) is 19.2 Å². The van der Waals surface area contributed by atoms with E-state index in [1.54, 1.807) is 91.0 Å². The van der Waals surface area contributed by atoms with Gasteiger partial charge in [0.2, 0.25) is 11.9 Å². The summed E-state index contributed by atoms with van der Waals surface area (Å²) in [5.74, 6) is -2.65. The second-order valence-corrected chi connectivity index (χ2v) is 10.7. The fourth-order valence-corrected chi connectivity index (χ4v) is 5.18. The predicted molar refractivity (Wildman–Crippen MR) is 167 cm³/mol. The van der Waals surface area contributed by atoms with E-state index < -0.39 is 48.4 Å². The van der Waals surface area contributed by atoms with Gasteiger partial charge in [-0.05, 0) is 36.4 Å². The Morgan fingerprint density at radius 2 is 1.32 bits per heavy atom. The fraction of sp³-hybridized carbons (Fsp3) is 0.182. The van der Waals surface area contributed by atoms with Crippen LogP contribution in [0.5, 0.6) is 0 Å². The summed E-state index contributed by atoms with van der Waals surface area (Å²) in [6.07, 6.45) is -3.61. The van der Waals surface area contributed by atoms with E-state index in [4.69, 9.17) is 30.5 Å². The summed E-state index contributed by atoms with van der Waals surface area (Å²) >= 11 is 6.37. The summed E-state index contributed by atoms with van der Waals surface area (Å²) in [7, 11) is 0. The molecule has 6 rings (SSSR count). The first-order valence-corrected chi connectivity index (χ1v) is 14.7. The number of anilines is 1. The first-order chi connectivity index (χ1) is 22.8. The Labute approximate surface area is 272 Å². The van der Waals surface area contributed by atoms with E-state index in [1.807, 2.05) is 0 Å². The molecule has 5 aromatic rings. The third-order valence-electron chi connectivity index (χ3n) is 7.12. The zero-order chi connectivity index (χ0) is 32.9. The van der Waals surface area contributed by atoms with Gasteiger partial charge >= 0.3 is 17.9 Å². The van der Waals surface area contributed by atoms with Crippen molar-refractivity contribution in [3.05, 3.63) is 119 Å². The second kappa shape index (κ2) is 13.8. The first kappa shape index (κ1) is 31.3. The molecule has 0 spiro atoms. The van der Waals surface area contributed by atoms with Crippen molar-refractivity contribution in [1.29, 1.82) is 0 Å². The highest BCUT2D eigenvalue weighted by atomic mass is 35.5. The van der Waals surface area contributed by atoms with Gasteiger partial charge in [-0.2, -0.15) is 9.97 Å². The van der Waals surface area contributed by atoms with E-state index in [0.29, 0.717) is 5.56 Å². The lowest BCUT2D eigenvalue weighted by atomic mass is 10.1. The van der Waals surface area contributed by atoms with Gasteiger partial charge in [-0.15, -0.1) is 0 Å². The van der Waals surface area contributed by atoms with Crippen LogP contribution >= 0.6 is 11.6 Å². The molecule has 1 aliphatic rings. The molecule has 4 atom stereocenters. The molecular weight excluding hydrogens is 630 g/mol. The van der Waals surface area contributed by atoms with E-state index in [-0.39, 0.29) is 40.0 Å². The lowest BCUT2D eigenvalue weighted by Crippen LogP contribution is -2.41. The van der Waals surface area contributed by atoms with Crippen LogP contribution in [0.4, 0.5) is 5.95 Å². The van der Waals surface area contributed by atoms with Gasteiger partial charge in [0.05, 0.1) is 23.0 Å². The summed E-state index contributed by atoms with van der Waals surface area (Å²) in [4.78, 5) is 64.2. The van der Waals surface area contributed by atoms with Crippen LogP contribution in [0.2, 0.25) is 5.15 Å². The number of carbonyl (C=O) groups is 4. The predicted octanol–water partition coefficient (Wildman–Crippen LogP) is 4.64. The second-order valence-electron chi connectivity index (χ2n) is 10.3. The van der Waals surface area contributed by atoms with Crippen molar-refractivity contribution in [2.75, 3.05) is 11.9 Å². The van der Waals surface area contributed by atoms with E-state index >= 15 is 0 Å². The molecule has 13 nitrogen and oxygen atoms in total. The van der Waals surface area contributed by atoms with Crippen LogP contribution in [0.1, 0.15) is 44.2 Å². The molecule has 1 saturated heterocycles. The molecule has 1 fully saturated rings. The minimum Gasteiger partial charge on any atom is -0.459 e. The molecule has 1 amide bonds. The van der Waals surface area contributed by atoms with Crippen molar-refractivity contribution in [3.8, 4) is 0 Å². The number of imidazole rings is 1. The maximum Gasteiger partial charge on any atom is 0.338 e. The summed E-state index contributed by atoms with van der Waals surface area (Å²) < 4.78 is 25.3. The maximum atomic E-state index is 13.4. The number of carbonyl (C=O) groups excluding carboxylic acids is 4. The molecule has 14 heteroatoms. The quantitative estimate of drug-likeness (QED) is 0.134. The zero-order valence-corrected chi connectivity index (χ0v) is 25.4. The number of ether oxygens (including phenoxy) is 4. The van der Waals surface area contributed by atoms with Gasteiger partial charge in [0.25, 0.3) is 0 Å². The Kier molecular flexibility index (Phi) is 9.18. The number of esters is 3. The van der Waals surface area contributed by atoms with Crippen LogP contribution in [-0.2, 0) is 23.7 Å². The van der Waals surface area contributed by atoms with Gasteiger partial charge in [-0.25, -0.2) is 19.4 Å². The Morgan fingerprint density at radius 1 is 0.787 bits per heavy atom. The van der Waals surface area contributed by atoms with Crippen molar-refractivity contribution >= 4 is 52.5 Å². The number of hydrogen-bond donors (Lipinski definition) is 1. The van der Waals surface area contributed by atoms with Crippen molar-refractivity contribution in [2.45, 2.75) is 31.5 Å². The minimum atomic E-state index is -1.31. The third kappa shape index (κ3) is 6.95. The number of rotatable bonds is 9. The molecule has 1 N–H and O–H groups in total. The molecule has 3 heterocycles. The summed E-state index contributed by atoms with van der Waals surface area (Å²) in [6.45, 7) is 0.904. The van der Waals surface area contributed by atoms with Crippen LogP contribution in [0, 0.1) is 0 Å². The van der Waals surface area contributed by atoms with Crippen LogP contribution in [0.25, 0.3) is 11.2 Å². The van der Waals surface area contributed by atoms with E-state index in [2.05, 4.69) is 20.3 Å². The minimum absolute atomic E-state index is 0.0614. The SMILES string of the molecule is CC(=O)Nc1nc(Cl)c2ncn([C@@H]3O[C@H](COC(=O)c4ccccc4)[C@@H](OC(=O)c4ccccc4)[C@H]3OC(=O)c3ccccc3)c2n1. The molecule has 47 heavy (non-hydrogen) atoms. The maximum absolute atomic E-state index is 13.4. The Morgan fingerprint density at radius 3 is 1.87 bits per heavy atom. The number of aromatic nitrogens is 4. The van der Waals surface area contributed by atoms with E-state index in [1.165, 1.54) is 17.8 Å². The van der Waals surface area contributed by atoms with Crippen LogP contribution < -0.4 is 5.32 Å². The zero-order valence-electron chi connectivity index (χ0n) is 24.7. The van der Waals surface area contributed by atoms with Crippen molar-refractivity contribution in [3.63, 3.8) is 0 Å². The molecule has 0 bridgehead atoms. The number of nitrogens with zero attached hydrogens (tertiary/aromatic N) is 4. The Balaban J connectivity index is 1.40. The average molecular weight is 656 g/mol. The fourth-order valence-electron chi connectivity index (χ4n) is 4.96. The van der Waals surface area contributed by atoms with Crippen molar-refractivity contribution < 1.29 is 38.1 Å². The molecule has 238 valence electrons. The third-order valence-corrected chi connectivity index (χ3v) is 7.38. The number of benzene rings is 3. The number of nitrogens with one attached hydrogen (secondary N) is 1. The van der Waals surface area contributed by atoms with Crippen LogP contribution in [0.15, 0.2) is 97.3 Å². The summed E-state index contributed by atoms with van der Waals surface area (Å²) in [5.41, 5.74) is 1.04. The highest BCUT2D eigenvalue weighted by molar-refractivity contribution is 6.33. The summed E-state index contributed by atoms with van der Waals surface area (Å²) in [5, 5.41) is 2.42. The molecular formula is C33H26ClN5O8. The number of amides is 1. The number of halogens is 1. The normalized spacial score (nSPS) is 18.8. The Bertz CT molecular complexity index is 1920. The van der Waals surface area contributed by atoms with Crippen molar-refractivity contribution in [1.82, 2.24) is 19.5 Å². The van der Waals surface area contributed by atoms with Gasteiger partial charge in [0.1, 0.15) is 18.2 Å². The van der Waals surface area contributed by atoms with Crippen LogP contribution in [0.3, 0.4) is 0 Å². The molecule has 0 unspecified atom stereocenters. The highest BCUT2D eigenvalue weighted by Gasteiger charge is 2.52. The van der Waals surface area contributed by atoms with Gasteiger partial charge in [-0.1, -0.05) is 66.2 Å².